The van der Waals surface area contributed by atoms with Crippen LogP contribution in [0.25, 0.3) is 0 Å². The van der Waals surface area contributed by atoms with E-state index >= 15 is 0 Å². The third-order valence-electron chi connectivity index (χ3n) is 2.66. The van der Waals surface area contributed by atoms with Gasteiger partial charge < -0.3 is 11.5 Å². The molecule has 0 aliphatic rings. The molecule has 4 N–H and O–H groups in total. The third kappa shape index (κ3) is 3.03. The van der Waals surface area contributed by atoms with Gasteiger partial charge in [-0.3, -0.25) is 4.79 Å². The number of anilines is 1. The molecule has 0 amide bonds. The minimum atomic E-state index is -0.181. The van der Waals surface area contributed by atoms with Crippen molar-refractivity contribution in [2.24, 2.45) is 11.1 Å². The van der Waals surface area contributed by atoms with Gasteiger partial charge in [0.25, 0.3) is 0 Å². The van der Waals surface area contributed by atoms with Crippen molar-refractivity contribution in [3.63, 3.8) is 0 Å². The van der Waals surface area contributed by atoms with E-state index in [1.165, 1.54) is 0 Å². The lowest BCUT2D eigenvalue weighted by Gasteiger charge is -2.26. The summed E-state index contributed by atoms with van der Waals surface area (Å²) in [6.07, 6.45) is 1.86. The Morgan fingerprint density at radius 2 is 2.12 bits per heavy atom. The molecule has 0 aliphatic carbocycles. The van der Waals surface area contributed by atoms with Crippen molar-refractivity contribution in [3.8, 4) is 0 Å². The number of hydrogen-bond donors (Lipinski definition) is 2. The van der Waals surface area contributed by atoms with Gasteiger partial charge in [-0.25, -0.2) is 4.98 Å². The van der Waals surface area contributed by atoms with Crippen molar-refractivity contribution in [1.82, 2.24) is 4.98 Å². The Morgan fingerprint density at radius 1 is 1.50 bits per heavy atom. The summed E-state index contributed by atoms with van der Waals surface area (Å²) in [5.41, 5.74) is 12.0. The first-order valence-corrected chi connectivity index (χ1v) is 5.31. The Kier molecular flexibility index (Phi) is 3.65. The lowest BCUT2D eigenvalue weighted by atomic mass is 9.84. The lowest BCUT2D eigenvalue weighted by molar-refractivity contribution is 0.0954. The van der Waals surface area contributed by atoms with Crippen LogP contribution in [0.4, 0.5) is 5.82 Å². The summed E-state index contributed by atoms with van der Waals surface area (Å²) < 4.78 is 0. The van der Waals surface area contributed by atoms with E-state index in [2.05, 4.69) is 4.98 Å². The van der Waals surface area contributed by atoms with Crippen molar-refractivity contribution in [1.29, 1.82) is 0 Å². The Balaban J connectivity index is 2.78. The average Bonchev–Trinajstić information content (AvgIpc) is 2.16. The molecule has 16 heavy (non-hydrogen) atoms. The summed E-state index contributed by atoms with van der Waals surface area (Å²) in [5, 5.41) is 0. The van der Waals surface area contributed by atoms with Gasteiger partial charge in [-0.1, -0.05) is 20.8 Å². The van der Waals surface area contributed by atoms with E-state index in [4.69, 9.17) is 11.5 Å². The zero-order valence-electron chi connectivity index (χ0n) is 10.0. The molecule has 0 bridgehead atoms. The minimum absolute atomic E-state index is 0.0481. The van der Waals surface area contributed by atoms with Crippen molar-refractivity contribution >= 4 is 11.6 Å². The van der Waals surface area contributed by atoms with E-state index in [-0.39, 0.29) is 23.1 Å². The van der Waals surface area contributed by atoms with Crippen LogP contribution in [0.1, 0.15) is 37.6 Å². The van der Waals surface area contributed by atoms with Crippen molar-refractivity contribution in [3.05, 3.63) is 23.9 Å². The molecule has 88 valence electrons. The number of nitrogens with two attached hydrogens (primary N) is 2. The number of pyridine rings is 1. The molecule has 0 saturated carbocycles. The van der Waals surface area contributed by atoms with Crippen LogP contribution < -0.4 is 11.5 Å². The van der Waals surface area contributed by atoms with E-state index in [0.717, 1.165) is 0 Å². The van der Waals surface area contributed by atoms with Crippen LogP contribution >= 0.6 is 0 Å². The summed E-state index contributed by atoms with van der Waals surface area (Å²) in [5.74, 6) is 0.224. The van der Waals surface area contributed by atoms with E-state index < -0.39 is 0 Å². The first kappa shape index (κ1) is 12.6. The molecule has 0 spiro atoms. The van der Waals surface area contributed by atoms with Gasteiger partial charge in [0.1, 0.15) is 5.82 Å². The van der Waals surface area contributed by atoms with Gasteiger partial charge in [-0.15, -0.1) is 0 Å². The molecule has 1 unspecified atom stereocenters. The quantitative estimate of drug-likeness (QED) is 0.760. The minimum Gasteiger partial charge on any atom is -0.383 e. The molecule has 1 aromatic heterocycles. The SMILES string of the molecule is CC(C)(C)C(N)CC(=O)c1cccnc1N. The molecule has 1 atom stereocenters. The smallest absolute Gasteiger partial charge is 0.168 e. The highest BCUT2D eigenvalue weighted by Crippen LogP contribution is 2.22. The van der Waals surface area contributed by atoms with E-state index in [0.29, 0.717) is 12.0 Å². The Hall–Kier alpha value is -1.42. The summed E-state index contributed by atoms with van der Waals surface area (Å²) in [4.78, 5) is 15.8. The summed E-state index contributed by atoms with van der Waals surface area (Å²) in [6, 6.07) is 3.20. The molecule has 0 radical (unpaired) electrons. The third-order valence-corrected chi connectivity index (χ3v) is 2.66. The van der Waals surface area contributed by atoms with Gasteiger partial charge in [0.05, 0.1) is 5.56 Å². The molecule has 1 aromatic rings. The highest BCUT2D eigenvalue weighted by atomic mass is 16.1. The second kappa shape index (κ2) is 4.61. The van der Waals surface area contributed by atoms with Crippen LogP contribution in [0.3, 0.4) is 0 Å². The molecule has 1 heterocycles. The summed E-state index contributed by atoms with van der Waals surface area (Å²) >= 11 is 0. The number of hydrogen-bond acceptors (Lipinski definition) is 4. The fraction of sp³-hybridized carbons (Fsp3) is 0.500. The van der Waals surface area contributed by atoms with Gasteiger partial charge >= 0.3 is 0 Å². The fourth-order valence-electron chi connectivity index (χ4n) is 1.27. The Morgan fingerprint density at radius 3 is 2.62 bits per heavy atom. The first-order valence-electron chi connectivity index (χ1n) is 5.31. The number of carbonyl (C=O) groups is 1. The van der Waals surface area contributed by atoms with Gasteiger partial charge in [0.15, 0.2) is 5.78 Å². The number of nitrogen functional groups attached to an aromatic ring is 1. The number of ketones is 1. The van der Waals surface area contributed by atoms with Gasteiger partial charge in [0, 0.05) is 18.7 Å². The zero-order chi connectivity index (χ0) is 12.3. The van der Waals surface area contributed by atoms with Gasteiger partial charge in [-0.05, 0) is 17.5 Å². The Labute approximate surface area is 96.0 Å². The number of rotatable bonds is 3. The van der Waals surface area contributed by atoms with Crippen LogP contribution in [-0.2, 0) is 0 Å². The van der Waals surface area contributed by atoms with E-state index in [9.17, 15) is 4.79 Å². The standard InChI is InChI=1S/C12H19N3O/c1-12(2,3)10(13)7-9(16)8-5-4-6-15-11(8)14/h4-6,10H,7,13H2,1-3H3,(H2,14,15). The summed E-state index contributed by atoms with van der Waals surface area (Å²) in [6.45, 7) is 6.03. The van der Waals surface area contributed by atoms with Crippen LogP contribution in [0.2, 0.25) is 0 Å². The molecule has 1 rings (SSSR count). The lowest BCUT2D eigenvalue weighted by Crippen LogP contribution is -2.37. The predicted octanol–water partition coefficient (Wildman–Crippen LogP) is 1.61. The fourth-order valence-corrected chi connectivity index (χ4v) is 1.27. The zero-order valence-corrected chi connectivity index (χ0v) is 10.0. The van der Waals surface area contributed by atoms with Crippen LogP contribution in [0.15, 0.2) is 18.3 Å². The second-order valence-electron chi connectivity index (χ2n) is 5.04. The maximum Gasteiger partial charge on any atom is 0.168 e. The van der Waals surface area contributed by atoms with Crippen molar-refractivity contribution in [2.45, 2.75) is 33.2 Å². The van der Waals surface area contributed by atoms with Crippen LogP contribution in [-0.4, -0.2) is 16.8 Å². The van der Waals surface area contributed by atoms with Crippen LogP contribution in [0.5, 0.6) is 0 Å². The first-order chi connectivity index (χ1) is 7.32. The maximum absolute atomic E-state index is 11.9. The number of carbonyl (C=O) groups excluding carboxylic acids is 1. The van der Waals surface area contributed by atoms with Crippen molar-refractivity contribution in [2.75, 3.05) is 5.73 Å². The van der Waals surface area contributed by atoms with Crippen molar-refractivity contribution < 1.29 is 4.79 Å². The molecular formula is C12H19N3O. The van der Waals surface area contributed by atoms with E-state index in [1.807, 2.05) is 20.8 Å². The molecule has 0 saturated heterocycles. The molecule has 4 heteroatoms. The summed E-state index contributed by atoms with van der Waals surface area (Å²) in [7, 11) is 0. The molecular weight excluding hydrogens is 202 g/mol. The van der Waals surface area contributed by atoms with E-state index in [1.54, 1.807) is 18.3 Å². The molecule has 4 nitrogen and oxygen atoms in total. The topological polar surface area (TPSA) is 82.0 Å². The maximum atomic E-state index is 11.9. The van der Waals surface area contributed by atoms with Crippen LogP contribution in [0, 0.1) is 5.41 Å². The largest absolute Gasteiger partial charge is 0.383 e. The Bertz CT molecular complexity index is 382. The number of Topliss-reactive ketones (excluding diaryl/α,β-unsaturated/α-hetero) is 1. The molecule has 0 aliphatic heterocycles. The average molecular weight is 221 g/mol. The number of aromatic nitrogens is 1. The normalized spacial score (nSPS) is 13.5. The monoisotopic (exact) mass is 221 g/mol. The second-order valence-corrected chi connectivity index (χ2v) is 5.04. The predicted molar refractivity (Wildman–Crippen MR) is 65.0 cm³/mol. The highest BCUT2D eigenvalue weighted by Gasteiger charge is 2.24. The van der Waals surface area contributed by atoms with Gasteiger partial charge in [-0.2, -0.15) is 0 Å². The molecule has 0 aromatic carbocycles. The number of nitrogens with zero attached hydrogens (tertiary/aromatic N) is 1. The molecule has 0 fully saturated rings. The van der Waals surface area contributed by atoms with Gasteiger partial charge in [0.2, 0.25) is 0 Å². The highest BCUT2D eigenvalue weighted by molar-refractivity contribution is 6.00.